The van der Waals surface area contributed by atoms with Gasteiger partial charge in [-0.25, -0.2) is 9.98 Å². The van der Waals surface area contributed by atoms with Crippen LogP contribution < -0.4 is 5.32 Å². The van der Waals surface area contributed by atoms with Crippen LogP contribution in [0.5, 0.6) is 0 Å². The number of nitrogens with zero attached hydrogens (tertiary/aromatic N) is 2. The van der Waals surface area contributed by atoms with Crippen molar-refractivity contribution >= 4 is 23.4 Å². The number of thioether (sulfide) groups is 1. The monoisotopic (exact) mass is 767 g/mol. The average Bonchev–Trinajstić information content (AvgIpc) is 3.86. The molecular formula is C54H45N3S. The van der Waals surface area contributed by atoms with Gasteiger partial charge >= 0.3 is 0 Å². The molecule has 3 unspecified atom stereocenters. The van der Waals surface area contributed by atoms with Crippen molar-refractivity contribution in [3.8, 4) is 33.4 Å². The van der Waals surface area contributed by atoms with Crippen molar-refractivity contribution in [2.24, 2.45) is 9.98 Å². The van der Waals surface area contributed by atoms with Gasteiger partial charge in [-0.3, -0.25) is 0 Å². The van der Waals surface area contributed by atoms with Crippen molar-refractivity contribution in [2.45, 2.75) is 79.0 Å². The lowest BCUT2D eigenvalue weighted by atomic mass is 9.67. The van der Waals surface area contributed by atoms with E-state index >= 15 is 0 Å². The Morgan fingerprint density at radius 3 is 2.17 bits per heavy atom. The topological polar surface area (TPSA) is 36.8 Å². The molecule has 2 aliphatic heterocycles. The Labute approximate surface area is 345 Å². The maximum absolute atomic E-state index is 5.29. The third-order valence-corrected chi connectivity index (χ3v) is 15.5. The first-order valence-corrected chi connectivity index (χ1v) is 22.0. The predicted molar refractivity (Wildman–Crippen MR) is 241 cm³/mol. The number of benzene rings is 6. The number of hydrogen-bond acceptors (Lipinski definition) is 4. The van der Waals surface area contributed by atoms with E-state index in [4.69, 9.17) is 9.98 Å². The van der Waals surface area contributed by atoms with E-state index in [0.29, 0.717) is 0 Å². The van der Waals surface area contributed by atoms with Crippen LogP contribution in [0.1, 0.15) is 97.0 Å². The van der Waals surface area contributed by atoms with E-state index in [1.54, 1.807) is 11.1 Å². The van der Waals surface area contributed by atoms with E-state index in [-0.39, 0.29) is 28.2 Å². The Morgan fingerprint density at radius 1 is 0.603 bits per heavy atom. The summed E-state index contributed by atoms with van der Waals surface area (Å²) < 4.78 is 0. The molecule has 1 spiro atoms. The standard InChI is InChI=1S/C54H45N3S/c1-53(2)44-25-15-21-36(48(44)42-32-46-40(31-45(42)53)37-20-10-11-24-43(37)54(46)28-12-5-13-29-54)35-26-27-47-41(30-35)38-22-14-23-39(49(38)58-47)52-56-50(33-16-6-3-7-17-33)55-51(57-52)34-18-8-4-9-19-34/h3-4,6-11,14-27,30-32,38,49-50H,5,12-13,28-29H2,1-2H3,(H,55,56,57). The second kappa shape index (κ2) is 12.9. The van der Waals surface area contributed by atoms with E-state index in [1.807, 2.05) is 11.8 Å². The highest BCUT2D eigenvalue weighted by Gasteiger charge is 2.47. The molecule has 0 aromatic heterocycles. The minimum Gasteiger partial charge on any atom is -0.325 e. The highest BCUT2D eigenvalue weighted by atomic mass is 32.2. The molecule has 3 atom stereocenters. The van der Waals surface area contributed by atoms with Crippen LogP contribution in [-0.4, -0.2) is 16.9 Å². The van der Waals surface area contributed by atoms with Gasteiger partial charge in [-0.15, -0.1) is 11.8 Å². The van der Waals surface area contributed by atoms with Crippen molar-refractivity contribution in [2.75, 3.05) is 0 Å². The lowest BCUT2D eigenvalue weighted by Crippen LogP contribution is -2.39. The summed E-state index contributed by atoms with van der Waals surface area (Å²) in [4.78, 5) is 11.8. The Kier molecular flexibility index (Phi) is 7.64. The van der Waals surface area contributed by atoms with E-state index in [2.05, 4.69) is 171 Å². The summed E-state index contributed by atoms with van der Waals surface area (Å²) in [7, 11) is 0. The largest absolute Gasteiger partial charge is 0.325 e. The van der Waals surface area contributed by atoms with Gasteiger partial charge in [0.05, 0.1) is 0 Å². The summed E-state index contributed by atoms with van der Waals surface area (Å²) >= 11 is 1.97. The maximum Gasteiger partial charge on any atom is 0.169 e. The molecule has 3 nitrogen and oxygen atoms in total. The van der Waals surface area contributed by atoms with Crippen LogP contribution >= 0.6 is 11.8 Å². The highest BCUT2D eigenvalue weighted by Crippen LogP contribution is 2.61. The van der Waals surface area contributed by atoms with E-state index in [1.165, 1.54) is 92.6 Å². The Bertz CT molecular complexity index is 2800. The Morgan fingerprint density at radius 2 is 1.33 bits per heavy atom. The molecule has 282 valence electrons. The molecule has 2 heterocycles. The number of nitrogens with one attached hydrogen (secondary N) is 1. The van der Waals surface area contributed by atoms with Crippen molar-refractivity contribution in [1.29, 1.82) is 0 Å². The minimum absolute atomic E-state index is 0.0936. The third-order valence-electron chi connectivity index (χ3n) is 14.1. The zero-order valence-electron chi connectivity index (χ0n) is 33.0. The normalized spacial score (nSPS) is 22.4. The van der Waals surface area contributed by atoms with Crippen LogP contribution in [-0.2, 0) is 10.8 Å². The van der Waals surface area contributed by atoms with Crippen LogP contribution in [0.4, 0.5) is 0 Å². The number of aliphatic imine (C=N–C) groups is 2. The van der Waals surface area contributed by atoms with Gasteiger partial charge in [0.2, 0.25) is 0 Å². The molecular weight excluding hydrogens is 723 g/mol. The van der Waals surface area contributed by atoms with Crippen LogP contribution in [0.3, 0.4) is 0 Å². The van der Waals surface area contributed by atoms with Crippen LogP contribution in [0.25, 0.3) is 33.4 Å². The first-order chi connectivity index (χ1) is 28.5. The van der Waals surface area contributed by atoms with Crippen LogP contribution in [0, 0.1) is 0 Å². The second-order valence-electron chi connectivity index (χ2n) is 17.5. The summed E-state index contributed by atoms with van der Waals surface area (Å²) in [6.45, 7) is 4.88. The number of rotatable bonds is 4. The molecule has 1 saturated carbocycles. The van der Waals surface area contributed by atoms with Crippen molar-refractivity contribution < 1.29 is 0 Å². The molecule has 0 radical (unpaired) electrons. The number of fused-ring (bicyclic) bond motifs is 11. The Hall–Kier alpha value is -5.71. The van der Waals surface area contributed by atoms with Gasteiger partial charge in [0.1, 0.15) is 11.7 Å². The van der Waals surface area contributed by atoms with E-state index < -0.39 is 0 Å². The lowest BCUT2D eigenvalue weighted by Gasteiger charge is -2.36. The minimum atomic E-state index is -0.311. The number of hydrogen-bond donors (Lipinski definition) is 1. The van der Waals surface area contributed by atoms with Crippen molar-refractivity contribution in [1.82, 2.24) is 5.32 Å². The van der Waals surface area contributed by atoms with Crippen LogP contribution in [0.2, 0.25) is 0 Å². The molecule has 6 aliphatic rings. The smallest absolute Gasteiger partial charge is 0.169 e. The first kappa shape index (κ1) is 34.3. The van der Waals surface area contributed by atoms with Crippen molar-refractivity contribution in [3.63, 3.8) is 0 Å². The summed E-state index contributed by atoms with van der Waals surface area (Å²) in [5, 5.41) is 3.90. The first-order valence-electron chi connectivity index (χ1n) is 21.1. The van der Waals surface area contributed by atoms with E-state index in [0.717, 1.165) is 22.8 Å². The molecule has 4 heteroatoms. The van der Waals surface area contributed by atoms with Gasteiger partial charge in [0.25, 0.3) is 0 Å². The fraction of sp³-hybridized carbons (Fsp3) is 0.222. The summed E-state index contributed by atoms with van der Waals surface area (Å²) in [6, 6.07) is 49.8. The van der Waals surface area contributed by atoms with Gasteiger partial charge in [0.15, 0.2) is 6.17 Å². The summed E-state index contributed by atoms with van der Waals surface area (Å²) in [5.41, 5.74) is 19.3. The quantitative estimate of drug-likeness (QED) is 0.194. The molecule has 6 aromatic rings. The molecule has 58 heavy (non-hydrogen) atoms. The fourth-order valence-corrected chi connectivity index (χ4v) is 12.7. The number of amidine groups is 2. The molecule has 6 aromatic carbocycles. The molecule has 0 amide bonds. The molecule has 1 fully saturated rings. The molecule has 0 bridgehead atoms. The van der Waals surface area contributed by atoms with Gasteiger partial charge in [-0.05, 0) is 104 Å². The zero-order valence-corrected chi connectivity index (χ0v) is 33.8. The lowest BCUT2D eigenvalue weighted by molar-refractivity contribution is 0.353. The number of allylic oxidation sites excluding steroid dienone is 3. The van der Waals surface area contributed by atoms with E-state index in [9.17, 15) is 0 Å². The zero-order chi connectivity index (χ0) is 38.6. The summed E-state index contributed by atoms with van der Waals surface area (Å²) in [6.07, 6.45) is 13.0. The second-order valence-corrected chi connectivity index (χ2v) is 18.7. The van der Waals surface area contributed by atoms with Crippen molar-refractivity contribution in [3.05, 3.63) is 196 Å². The third kappa shape index (κ3) is 5.00. The molecule has 1 N–H and O–H groups in total. The molecule has 12 rings (SSSR count). The SMILES string of the molecule is CC1(C)c2cc3c(cc2-c2c(-c4ccc5c(c4)C4C=CC=C(C6=NC(c7ccccc7)N=C(c7ccccc7)N6)C4S5)cccc21)C1(CCCCC1)c1ccccc1-3. The van der Waals surface area contributed by atoms with Gasteiger partial charge in [0, 0.05) is 38.0 Å². The fourth-order valence-electron chi connectivity index (χ4n) is 11.3. The summed E-state index contributed by atoms with van der Waals surface area (Å²) in [5.74, 6) is 2.01. The van der Waals surface area contributed by atoms with Crippen LogP contribution in [0.15, 0.2) is 172 Å². The molecule has 0 saturated heterocycles. The van der Waals surface area contributed by atoms with Gasteiger partial charge in [-0.1, -0.05) is 161 Å². The van der Waals surface area contributed by atoms with Gasteiger partial charge < -0.3 is 5.32 Å². The highest BCUT2D eigenvalue weighted by molar-refractivity contribution is 8.00. The maximum atomic E-state index is 5.29. The van der Waals surface area contributed by atoms with Gasteiger partial charge in [-0.2, -0.15) is 0 Å². The predicted octanol–water partition coefficient (Wildman–Crippen LogP) is 13.1. The Balaban J connectivity index is 0.927. The molecule has 4 aliphatic carbocycles. The average molecular weight is 768 g/mol.